The van der Waals surface area contributed by atoms with Crippen molar-refractivity contribution >= 4 is 36.8 Å². The highest BCUT2D eigenvalue weighted by Gasteiger charge is 2.25. The fourth-order valence-electron chi connectivity index (χ4n) is 2.81. The number of halogens is 1. The molecule has 216 valence electrons. The lowest BCUT2D eigenvalue weighted by atomic mass is 10.1. The third-order valence-corrected chi connectivity index (χ3v) is 4.89. The lowest BCUT2D eigenvalue weighted by molar-refractivity contribution is -0.155. The van der Waals surface area contributed by atoms with Crippen LogP contribution in [-0.2, 0) is 34.9 Å². The van der Waals surface area contributed by atoms with Gasteiger partial charge in [-0.2, -0.15) is 0 Å². The number of esters is 1. The molecule has 0 aliphatic heterocycles. The monoisotopic (exact) mass is 563 g/mol. The molecule has 0 spiro atoms. The summed E-state index contributed by atoms with van der Waals surface area (Å²) in [5.41, 5.74) is 6.48. The quantitative estimate of drug-likeness (QED) is 0.144. The molecule has 0 radical (unpaired) electrons. The zero-order chi connectivity index (χ0) is 27.8. The van der Waals surface area contributed by atoms with Crippen molar-refractivity contribution in [3.05, 3.63) is 23.8 Å². The van der Waals surface area contributed by atoms with Gasteiger partial charge >= 0.3 is 24.4 Å². The molecule has 12 nitrogen and oxygen atoms in total. The van der Waals surface area contributed by atoms with Gasteiger partial charge in [0.1, 0.15) is 18.2 Å². The molecule has 2 N–H and O–H groups in total. The Hall–Kier alpha value is -3.25. The minimum absolute atomic E-state index is 0. The molecule has 0 aliphatic rings. The molecule has 1 aromatic rings. The minimum Gasteiger partial charge on any atom is -0.458 e. The molecule has 13 heteroatoms. The summed E-state index contributed by atoms with van der Waals surface area (Å²) in [6, 6.07) is 3.18. The van der Waals surface area contributed by atoms with E-state index in [0.29, 0.717) is 5.56 Å². The van der Waals surface area contributed by atoms with Crippen LogP contribution in [0.15, 0.2) is 18.2 Å². The van der Waals surface area contributed by atoms with E-state index in [0.717, 1.165) is 19.3 Å². The summed E-state index contributed by atoms with van der Waals surface area (Å²) in [4.78, 5) is 47.8. The van der Waals surface area contributed by atoms with Gasteiger partial charge < -0.3 is 38.9 Å². The fraction of sp³-hybridized carbons (Fsp3) is 0.600. The molecule has 0 heterocycles. The standard InChI is InChI=1S/C25H37NO11.ClH/c1-6-9-10-13-33-25(30)35-17(5)16(4)34-22(27)19(26)14-18-11-12-20(36-23(28)31-7-2)21(15-18)37-24(29)32-8-3;/h11-12,15-17,19H,6-10,13-14,26H2,1-5H3;1H/t16-,17-,19+;/m1./s1. The van der Waals surface area contributed by atoms with E-state index < -0.39 is 42.7 Å². The van der Waals surface area contributed by atoms with Crippen LogP contribution in [0.25, 0.3) is 0 Å². The zero-order valence-electron chi connectivity index (χ0n) is 22.4. The van der Waals surface area contributed by atoms with Crippen molar-refractivity contribution < 1.29 is 52.3 Å². The van der Waals surface area contributed by atoms with Crippen molar-refractivity contribution in [3.8, 4) is 11.5 Å². The lowest BCUT2D eigenvalue weighted by Gasteiger charge is -2.22. The molecule has 0 saturated carbocycles. The first-order valence-corrected chi connectivity index (χ1v) is 12.2. The summed E-state index contributed by atoms with van der Waals surface area (Å²) in [5.74, 6) is -0.955. The minimum atomic E-state index is -1.09. The smallest absolute Gasteiger partial charge is 0.458 e. The molecule has 0 fully saturated rings. The molecular weight excluding hydrogens is 526 g/mol. The van der Waals surface area contributed by atoms with Gasteiger partial charge in [-0.05, 0) is 58.2 Å². The molecule has 1 rings (SSSR count). The summed E-state index contributed by atoms with van der Waals surface area (Å²) in [7, 11) is 0. The highest BCUT2D eigenvalue weighted by atomic mass is 35.5. The largest absolute Gasteiger partial charge is 0.513 e. The summed E-state index contributed by atoms with van der Waals surface area (Å²) >= 11 is 0. The molecule has 0 aromatic heterocycles. The SMILES string of the molecule is CCCCCOC(=O)O[C@H](C)[C@@H](C)OC(=O)[C@@H](N)Cc1ccc(OC(=O)OCC)c(OC(=O)OCC)c1.Cl. The molecule has 1 aromatic carbocycles. The Balaban J connectivity index is 0.0000137. The Labute approximate surface area is 228 Å². The molecule has 0 saturated heterocycles. The van der Waals surface area contributed by atoms with Crippen LogP contribution < -0.4 is 15.2 Å². The number of hydrogen-bond acceptors (Lipinski definition) is 12. The van der Waals surface area contributed by atoms with Gasteiger partial charge in [-0.3, -0.25) is 4.79 Å². The number of ether oxygens (including phenoxy) is 7. The Morgan fingerprint density at radius 3 is 1.95 bits per heavy atom. The maximum atomic E-state index is 12.5. The molecule has 0 unspecified atom stereocenters. The molecule has 0 aliphatic carbocycles. The number of hydrogen-bond donors (Lipinski definition) is 1. The second-order valence-electron chi connectivity index (χ2n) is 7.93. The van der Waals surface area contributed by atoms with Crippen LogP contribution in [0.1, 0.15) is 59.4 Å². The molecule has 3 atom stereocenters. The van der Waals surface area contributed by atoms with Gasteiger partial charge in [0, 0.05) is 0 Å². The van der Waals surface area contributed by atoms with Gasteiger partial charge in [0.2, 0.25) is 0 Å². The van der Waals surface area contributed by atoms with Crippen LogP contribution in [-0.4, -0.2) is 62.5 Å². The van der Waals surface area contributed by atoms with Crippen molar-refractivity contribution in [1.82, 2.24) is 0 Å². The summed E-state index contributed by atoms with van der Waals surface area (Å²) in [6.45, 7) is 8.78. The first-order valence-electron chi connectivity index (χ1n) is 12.2. The Kier molecular flexibility index (Phi) is 17.3. The van der Waals surface area contributed by atoms with Gasteiger partial charge in [-0.1, -0.05) is 25.8 Å². The van der Waals surface area contributed by atoms with Crippen LogP contribution >= 0.6 is 12.4 Å². The van der Waals surface area contributed by atoms with Gasteiger partial charge in [-0.25, -0.2) is 14.4 Å². The number of carbonyl (C=O) groups excluding carboxylic acids is 4. The molecule has 38 heavy (non-hydrogen) atoms. The van der Waals surface area contributed by atoms with E-state index in [1.165, 1.54) is 18.2 Å². The Morgan fingerprint density at radius 2 is 1.37 bits per heavy atom. The highest BCUT2D eigenvalue weighted by Crippen LogP contribution is 2.30. The van der Waals surface area contributed by atoms with E-state index >= 15 is 0 Å². The van der Waals surface area contributed by atoms with Gasteiger partial charge in [0.25, 0.3) is 0 Å². The van der Waals surface area contributed by atoms with E-state index in [1.54, 1.807) is 27.7 Å². The van der Waals surface area contributed by atoms with E-state index in [2.05, 4.69) is 0 Å². The molecule has 0 bridgehead atoms. The van der Waals surface area contributed by atoms with Crippen LogP contribution in [0, 0.1) is 0 Å². The van der Waals surface area contributed by atoms with Crippen molar-refractivity contribution in [2.45, 2.75) is 78.6 Å². The van der Waals surface area contributed by atoms with Gasteiger partial charge in [0.15, 0.2) is 11.5 Å². The topological polar surface area (TPSA) is 159 Å². The van der Waals surface area contributed by atoms with Crippen LogP contribution in [0.3, 0.4) is 0 Å². The number of benzene rings is 1. The van der Waals surface area contributed by atoms with E-state index in [-0.39, 0.29) is 50.1 Å². The summed E-state index contributed by atoms with van der Waals surface area (Å²) < 4.78 is 35.1. The zero-order valence-corrected chi connectivity index (χ0v) is 23.2. The second kappa shape index (κ2) is 18.9. The van der Waals surface area contributed by atoms with Crippen molar-refractivity contribution in [2.75, 3.05) is 19.8 Å². The number of carbonyl (C=O) groups is 4. The van der Waals surface area contributed by atoms with Crippen molar-refractivity contribution in [3.63, 3.8) is 0 Å². The Morgan fingerprint density at radius 1 is 0.789 bits per heavy atom. The third kappa shape index (κ3) is 13.3. The predicted molar refractivity (Wildman–Crippen MR) is 138 cm³/mol. The van der Waals surface area contributed by atoms with Gasteiger partial charge in [-0.15, -0.1) is 12.4 Å². The number of nitrogens with two attached hydrogens (primary N) is 1. The van der Waals surface area contributed by atoms with Crippen molar-refractivity contribution in [1.29, 1.82) is 0 Å². The van der Waals surface area contributed by atoms with Gasteiger partial charge in [0.05, 0.1) is 19.8 Å². The maximum Gasteiger partial charge on any atom is 0.513 e. The first-order chi connectivity index (χ1) is 17.6. The average molecular weight is 564 g/mol. The summed E-state index contributed by atoms with van der Waals surface area (Å²) in [5, 5.41) is 0. The van der Waals surface area contributed by atoms with Crippen molar-refractivity contribution in [2.24, 2.45) is 5.73 Å². The lowest BCUT2D eigenvalue weighted by Crippen LogP contribution is -2.39. The number of unbranched alkanes of at least 4 members (excludes halogenated alkanes) is 2. The van der Waals surface area contributed by atoms with Crippen LogP contribution in [0.2, 0.25) is 0 Å². The normalized spacial score (nSPS) is 12.6. The summed E-state index contributed by atoms with van der Waals surface area (Å²) in [6.07, 6.45) is -1.72. The predicted octanol–water partition coefficient (Wildman–Crippen LogP) is 4.71. The second-order valence-corrected chi connectivity index (χ2v) is 7.93. The molecular formula is C25H38ClNO11. The fourth-order valence-corrected chi connectivity index (χ4v) is 2.81. The first kappa shape index (κ1) is 34.8. The van der Waals surface area contributed by atoms with E-state index in [9.17, 15) is 19.2 Å². The van der Waals surface area contributed by atoms with E-state index in [4.69, 9.17) is 38.9 Å². The van der Waals surface area contributed by atoms with E-state index in [1.807, 2.05) is 6.92 Å². The molecule has 0 amide bonds. The maximum absolute atomic E-state index is 12.5. The average Bonchev–Trinajstić information content (AvgIpc) is 2.83. The highest BCUT2D eigenvalue weighted by molar-refractivity contribution is 5.85. The Bertz CT molecular complexity index is 896. The van der Waals surface area contributed by atoms with Crippen LogP contribution in [0.5, 0.6) is 11.5 Å². The number of rotatable bonds is 14. The van der Waals surface area contributed by atoms with Crippen LogP contribution in [0.4, 0.5) is 14.4 Å². The third-order valence-electron chi connectivity index (χ3n) is 4.89.